The van der Waals surface area contributed by atoms with Gasteiger partial charge in [-0.25, -0.2) is 0 Å². The molecule has 0 unspecified atom stereocenters. The molecule has 0 saturated carbocycles. The number of thiocarbonyl (C=S) groups is 1. The first-order chi connectivity index (χ1) is 5.22. The van der Waals surface area contributed by atoms with Crippen LogP contribution in [0.3, 0.4) is 0 Å². The van der Waals surface area contributed by atoms with Gasteiger partial charge in [0.1, 0.15) is 0 Å². The summed E-state index contributed by atoms with van der Waals surface area (Å²) in [6.45, 7) is 0. The van der Waals surface area contributed by atoms with Crippen LogP contribution in [0.5, 0.6) is 0 Å². The third-order valence-electron chi connectivity index (χ3n) is 1.14. The van der Waals surface area contributed by atoms with E-state index in [0.29, 0.717) is 0 Å². The number of hydrogen-bond donors (Lipinski definition) is 0. The van der Waals surface area contributed by atoms with Crippen LogP contribution in [0.25, 0.3) is 0 Å². The average molecular weight is 170 g/mol. The van der Waals surface area contributed by atoms with Gasteiger partial charge >= 0.3 is 5.17 Å². The third kappa shape index (κ3) is 1.88. The second kappa shape index (κ2) is 3.30. The Labute approximate surface area is 68.8 Å². The van der Waals surface area contributed by atoms with Gasteiger partial charge in [-0.05, 0) is 24.4 Å². The zero-order valence-electron chi connectivity index (χ0n) is 5.53. The van der Waals surface area contributed by atoms with E-state index in [1.807, 2.05) is 0 Å². The zero-order valence-corrected chi connectivity index (χ0v) is 6.34. The summed E-state index contributed by atoms with van der Waals surface area (Å²) < 4.78 is 12.6. The first-order valence-electron chi connectivity index (χ1n) is 2.94. The van der Waals surface area contributed by atoms with Crippen LogP contribution in [0.1, 0.15) is 0 Å². The highest BCUT2D eigenvalue weighted by atomic mass is 32.1. The smallest absolute Gasteiger partial charge is 0.253 e. The summed E-state index contributed by atoms with van der Waals surface area (Å²) in [5.41, 5.74) is 0.160. The fourth-order valence-electron chi connectivity index (χ4n) is 0.664. The molecular formula is C7H5FNOS. The van der Waals surface area contributed by atoms with Gasteiger partial charge in [-0.1, -0.05) is 22.7 Å². The van der Waals surface area contributed by atoms with Crippen molar-refractivity contribution in [2.24, 2.45) is 0 Å². The number of halogens is 1. The summed E-state index contributed by atoms with van der Waals surface area (Å²) in [4.78, 5) is 0. The maximum Gasteiger partial charge on any atom is 0.345 e. The van der Waals surface area contributed by atoms with E-state index in [-0.39, 0.29) is 10.8 Å². The lowest BCUT2D eigenvalue weighted by Gasteiger charge is -2.06. The summed E-state index contributed by atoms with van der Waals surface area (Å²) in [7, 11) is 0. The molecule has 0 fully saturated rings. The monoisotopic (exact) mass is 170 g/mol. The predicted octanol–water partition coefficient (Wildman–Crippen LogP) is 2.09. The summed E-state index contributed by atoms with van der Waals surface area (Å²) in [5, 5.41) is 9.20. The van der Waals surface area contributed by atoms with Crippen molar-refractivity contribution in [2.45, 2.75) is 0 Å². The molecule has 1 aromatic rings. The minimum absolute atomic E-state index is 0.0741. The van der Waals surface area contributed by atoms with Crippen LogP contribution in [-0.4, -0.2) is 5.17 Å². The summed E-state index contributed by atoms with van der Waals surface area (Å²) >= 11 is 4.10. The van der Waals surface area contributed by atoms with E-state index in [1.54, 1.807) is 18.2 Å². The molecule has 0 N–H and O–H groups in total. The lowest BCUT2D eigenvalue weighted by Crippen LogP contribution is -2.16. The summed E-state index contributed by atoms with van der Waals surface area (Å²) in [5.74, 6) is 0. The number of para-hydroxylation sites is 1. The van der Waals surface area contributed by atoms with Crippen LogP contribution in [0.4, 0.5) is 10.2 Å². The predicted molar refractivity (Wildman–Crippen MR) is 43.3 cm³/mol. The van der Waals surface area contributed by atoms with Crippen LogP contribution in [0.2, 0.25) is 0 Å². The Bertz CT molecular complexity index is 252. The molecule has 0 aliphatic rings. The second-order valence-corrected chi connectivity index (χ2v) is 2.23. The van der Waals surface area contributed by atoms with E-state index in [9.17, 15) is 9.59 Å². The molecule has 0 atom stereocenters. The van der Waals surface area contributed by atoms with Crippen LogP contribution in [0, 0.1) is 0 Å². The Morgan fingerprint density at radius 2 is 1.91 bits per heavy atom. The van der Waals surface area contributed by atoms with Gasteiger partial charge in [0.2, 0.25) is 0 Å². The van der Waals surface area contributed by atoms with Gasteiger partial charge in [0.25, 0.3) is 0 Å². The molecule has 1 radical (unpaired) electrons. The Balaban J connectivity index is 2.85. The first kappa shape index (κ1) is 7.94. The van der Waals surface area contributed by atoms with Crippen molar-refractivity contribution >= 4 is 23.1 Å². The quantitative estimate of drug-likeness (QED) is 0.476. The van der Waals surface area contributed by atoms with Crippen LogP contribution in [-0.2, 0) is 5.11 Å². The van der Waals surface area contributed by atoms with E-state index < -0.39 is 5.17 Å². The number of nitrogens with zero attached hydrogens (tertiary/aromatic N) is 1. The molecule has 1 aromatic carbocycles. The minimum atomic E-state index is -1.03. The average Bonchev–Trinajstić information content (AvgIpc) is 2.05. The molecule has 0 spiro atoms. The fourth-order valence-corrected chi connectivity index (χ4v) is 0.770. The number of benzene rings is 1. The Kier molecular flexibility index (Phi) is 2.38. The van der Waals surface area contributed by atoms with Gasteiger partial charge in [0, 0.05) is 0 Å². The maximum absolute atomic E-state index is 12.6. The highest BCUT2D eigenvalue weighted by molar-refractivity contribution is 7.80. The molecule has 2 nitrogen and oxygen atoms in total. The van der Waals surface area contributed by atoms with Gasteiger partial charge < -0.3 is 0 Å². The molecule has 0 bridgehead atoms. The standard InChI is InChI=1S/C7H5FNOS/c8-9(7(10)11)6-4-2-1-3-5-6/h1-5H. The molecule has 0 amide bonds. The van der Waals surface area contributed by atoms with Crippen LogP contribution >= 0.6 is 12.2 Å². The molecule has 57 valence electrons. The Hall–Kier alpha value is -1.16. The van der Waals surface area contributed by atoms with Crippen LogP contribution < -0.4 is 5.12 Å². The van der Waals surface area contributed by atoms with Crippen molar-refractivity contribution in [3.63, 3.8) is 0 Å². The minimum Gasteiger partial charge on any atom is -0.253 e. The van der Waals surface area contributed by atoms with Crippen molar-refractivity contribution in [1.82, 2.24) is 0 Å². The number of hydrogen-bond acceptors (Lipinski definition) is 1. The molecule has 1 rings (SSSR count). The lowest BCUT2D eigenvalue weighted by atomic mass is 10.3. The van der Waals surface area contributed by atoms with Crippen molar-refractivity contribution in [1.29, 1.82) is 0 Å². The van der Waals surface area contributed by atoms with Crippen molar-refractivity contribution in [3.8, 4) is 0 Å². The molecule has 0 aliphatic carbocycles. The summed E-state index contributed by atoms with van der Waals surface area (Å²) in [6, 6.07) is 7.90. The lowest BCUT2D eigenvalue weighted by molar-refractivity contribution is 0.378. The summed E-state index contributed by atoms with van der Waals surface area (Å²) in [6.07, 6.45) is 0. The highest BCUT2D eigenvalue weighted by Gasteiger charge is 2.09. The normalized spacial score (nSPS) is 9.18. The van der Waals surface area contributed by atoms with Gasteiger partial charge in [0.15, 0.2) is 0 Å². The largest absolute Gasteiger partial charge is 0.345 e. The van der Waals surface area contributed by atoms with Gasteiger partial charge in [0.05, 0.1) is 5.69 Å². The van der Waals surface area contributed by atoms with E-state index >= 15 is 0 Å². The second-order valence-electron chi connectivity index (χ2n) is 1.88. The molecule has 0 saturated heterocycles. The molecular weight excluding hydrogens is 165 g/mol. The fraction of sp³-hybridized carbons (Fsp3) is 0. The molecule has 4 heteroatoms. The molecule has 0 heterocycles. The first-order valence-corrected chi connectivity index (χ1v) is 3.34. The topological polar surface area (TPSA) is 23.1 Å². The van der Waals surface area contributed by atoms with Gasteiger partial charge in [-0.2, -0.15) is 0 Å². The van der Waals surface area contributed by atoms with Crippen molar-refractivity contribution < 1.29 is 9.59 Å². The zero-order chi connectivity index (χ0) is 8.27. The molecule has 0 aromatic heterocycles. The van der Waals surface area contributed by atoms with Gasteiger partial charge in [-0.15, -0.1) is 5.12 Å². The van der Waals surface area contributed by atoms with Crippen LogP contribution in [0.15, 0.2) is 30.3 Å². The Morgan fingerprint density at radius 1 is 1.36 bits per heavy atom. The van der Waals surface area contributed by atoms with E-state index in [2.05, 4.69) is 12.2 Å². The maximum atomic E-state index is 12.6. The number of rotatable bonds is 1. The third-order valence-corrected chi connectivity index (χ3v) is 1.30. The SMILES string of the molecule is [O]C(=S)N(F)c1ccccc1. The van der Waals surface area contributed by atoms with Crippen molar-refractivity contribution in [3.05, 3.63) is 30.3 Å². The van der Waals surface area contributed by atoms with E-state index in [1.165, 1.54) is 12.1 Å². The van der Waals surface area contributed by atoms with E-state index in [4.69, 9.17) is 0 Å². The molecule has 11 heavy (non-hydrogen) atoms. The van der Waals surface area contributed by atoms with E-state index in [0.717, 1.165) is 0 Å². The van der Waals surface area contributed by atoms with Crippen molar-refractivity contribution in [2.75, 3.05) is 5.12 Å². The van der Waals surface area contributed by atoms with Gasteiger partial charge in [-0.3, -0.25) is 5.11 Å². The Morgan fingerprint density at radius 3 is 2.36 bits per heavy atom. The molecule has 0 aliphatic heterocycles. The number of anilines is 1. The highest BCUT2D eigenvalue weighted by Crippen LogP contribution is 2.13.